The van der Waals surface area contributed by atoms with E-state index in [4.69, 9.17) is 37.8 Å². The molecule has 0 fully saturated rings. The van der Waals surface area contributed by atoms with Crippen molar-refractivity contribution in [1.82, 2.24) is 0 Å². The van der Waals surface area contributed by atoms with Gasteiger partial charge in [-0.1, -0.05) is 35.3 Å². The summed E-state index contributed by atoms with van der Waals surface area (Å²) in [6.45, 7) is 0. The number of hydrogen-bond donors (Lipinski definition) is 0. The Morgan fingerprint density at radius 1 is 0.967 bits per heavy atom. The molecule has 0 N–H and O–H groups in total. The third-order valence-electron chi connectivity index (χ3n) is 5.04. The average Bonchev–Trinajstić information content (AvgIpc) is 3.20. The summed E-state index contributed by atoms with van der Waals surface area (Å²) in [5.74, 6) is 1.08. The monoisotopic (exact) mass is 444 g/mol. The van der Waals surface area contributed by atoms with E-state index in [2.05, 4.69) is 0 Å². The topological polar surface area (TPSA) is 34.1 Å². The maximum Gasteiger partial charge on any atom is 0.127 e. The van der Waals surface area contributed by atoms with Crippen LogP contribution < -0.4 is 14.5 Å². The molecule has 0 bridgehead atoms. The molecule has 30 heavy (non-hydrogen) atoms. The minimum absolute atomic E-state index is 0.193. The Hall–Kier alpha value is -2.76. The summed E-state index contributed by atoms with van der Waals surface area (Å²) in [5.41, 5.74) is 3.27. The highest BCUT2D eigenvalue weighted by Gasteiger charge is 2.33. The molecule has 0 spiro atoms. The lowest BCUT2D eigenvalue weighted by molar-refractivity contribution is 0.388. The number of rotatable bonds is 5. The van der Waals surface area contributed by atoms with Crippen LogP contribution in [0.3, 0.4) is 0 Å². The first kappa shape index (κ1) is 20.5. The van der Waals surface area contributed by atoms with Gasteiger partial charge in [0.1, 0.15) is 17.3 Å². The quantitative estimate of drug-likeness (QED) is 0.449. The van der Waals surface area contributed by atoms with Gasteiger partial charge in [0.15, 0.2) is 0 Å². The number of anilines is 1. The number of ether oxygens (including phenoxy) is 2. The second-order valence-electron chi connectivity index (χ2n) is 6.82. The highest BCUT2D eigenvalue weighted by Crippen LogP contribution is 2.44. The number of methoxy groups -OCH3 is 2. The molecular formula is C23H19Cl2FN2O2. The van der Waals surface area contributed by atoms with Crippen molar-refractivity contribution in [3.63, 3.8) is 0 Å². The molecule has 4 nitrogen and oxygen atoms in total. The van der Waals surface area contributed by atoms with Crippen molar-refractivity contribution < 1.29 is 13.9 Å². The Kier molecular flexibility index (Phi) is 5.84. The first-order chi connectivity index (χ1) is 14.5. The zero-order valence-electron chi connectivity index (χ0n) is 16.4. The lowest BCUT2D eigenvalue weighted by Gasteiger charge is -2.26. The fourth-order valence-corrected chi connectivity index (χ4v) is 3.92. The summed E-state index contributed by atoms with van der Waals surface area (Å²) in [5, 5.41) is 7.76. The predicted molar refractivity (Wildman–Crippen MR) is 119 cm³/mol. The first-order valence-corrected chi connectivity index (χ1v) is 10.1. The summed E-state index contributed by atoms with van der Waals surface area (Å²) in [6, 6.07) is 17.0. The first-order valence-electron chi connectivity index (χ1n) is 9.30. The van der Waals surface area contributed by atoms with Crippen LogP contribution in [0.5, 0.6) is 11.5 Å². The van der Waals surface area contributed by atoms with Gasteiger partial charge in [-0.2, -0.15) is 5.10 Å². The molecule has 3 aromatic carbocycles. The zero-order valence-corrected chi connectivity index (χ0v) is 17.9. The molecule has 0 saturated heterocycles. The van der Waals surface area contributed by atoms with Gasteiger partial charge >= 0.3 is 0 Å². The number of benzene rings is 3. The Morgan fingerprint density at radius 2 is 1.73 bits per heavy atom. The molecule has 1 heterocycles. The van der Waals surface area contributed by atoms with Crippen LogP contribution in [0.1, 0.15) is 23.6 Å². The molecule has 3 aromatic rings. The summed E-state index contributed by atoms with van der Waals surface area (Å²) in [6.07, 6.45) is 0.581. The molecule has 7 heteroatoms. The maximum atomic E-state index is 13.4. The Morgan fingerprint density at radius 3 is 2.43 bits per heavy atom. The maximum absolute atomic E-state index is 13.4. The van der Waals surface area contributed by atoms with Crippen molar-refractivity contribution in [2.24, 2.45) is 5.10 Å². The van der Waals surface area contributed by atoms with Gasteiger partial charge in [0.25, 0.3) is 0 Å². The van der Waals surface area contributed by atoms with E-state index in [1.165, 1.54) is 12.1 Å². The van der Waals surface area contributed by atoms with Crippen molar-refractivity contribution in [2.75, 3.05) is 19.2 Å². The predicted octanol–water partition coefficient (Wildman–Crippen LogP) is 6.51. The van der Waals surface area contributed by atoms with Gasteiger partial charge in [-0.3, -0.25) is 5.01 Å². The zero-order chi connectivity index (χ0) is 21.3. The van der Waals surface area contributed by atoms with Gasteiger partial charge in [-0.15, -0.1) is 0 Å². The number of nitrogens with zero attached hydrogens (tertiary/aromatic N) is 2. The highest BCUT2D eigenvalue weighted by molar-refractivity contribution is 6.35. The van der Waals surface area contributed by atoms with Crippen molar-refractivity contribution in [2.45, 2.75) is 12.5 Å². The van der Waals surface area contributed by atoms with Crippen molar-refractivity contribution in [3.8, 4) is 11.5 Å². The van der Waals surface area contributed by atoms with Gasteiger partial charge < -0.3 is 9.47 Å². The minimum atomic E-state index is -0.291. The Balaban J connectivity index is 1.82. The Bertz CT molecular complexity index is 1100. The van der Waals surface area contributed by atoms with Gasteiger partial charge in [-0.05, 0) is 48.0 Å². The average molecular weight is 445 g/mol. The number of hydrazone groups is 1. The van der Waals surface area contributed by atoms with Gasteiger partial charge in [0, 0.05) is 23.1 Å². The van der Waals surface area contributed by atoms with Crippen LogP contribution in [0.4, 0.5) is 10.1 Å². The van der Waals surface area contributed by atoms with Gasteiger partial charge in [0.05, 0.1) is 36.7 Å². The van der Waals surface area contributed by atoms with E-state index in [0.717, 1.165) is 16.8 Å². The summed E-state index contributed by atoms with van der Waals surface area (Å²) in [7, 11) is 3.23. The standard InChI is InChI=1S/C23H19Cl2FN2O2/c1-29-17-8-9-18(23(12-17)30-2)21-13-20(14-3-6-16(26)7-4-14)27-28(21)22-11-15(24)5-10-19(22)25/h3-12,21H,13H2,1-2H3. The van der Waals surface area contributed by atoms with Crippen LogP contribution in [0.15, 0.2) is 65.8 Å². The molecule has 1 unspecified atom stereocenters. The van der Waals surface area contributed by atoms with Crippen molar-refractivity contribution >= 4 is 34.6 Å². The highest BCUT2D eigenvalue weighted by atomic mass is 35.5. The summed E-state index contributed by atoms with van der Waals surface area (Å²) < 4.78 is 24.4. The third-order valence-corrected chi connectivity index (χ3v) is 5.60. The van der Waals surface area contributed by atoms with Crippen LogP contribution in [0.25, 0.3) is 0 Å². The Labute approximate surface area is 184 Å². The molecule has 0 radical (unpaired) electrons. The number of hydrogen-bond acceptors (Lipinski definition) is 4. The number of halogens is 3. The summed E-state index contributed by atoms with van der Waals surface area (Å²) in [4.78, 5) is 0. The van der Waals surface area contributed by atoms with Gasteiger partial charge in [0.2, 0.25) is 0 Å². The molecule has 1 aliphatic heterocycles. The molecule has 0 aliphatic carbocycles. The van der Waals surface area contributed by atoms with Crippen molar-refractivity contribution in [1.29, 1.82) is 0 Å². The third kappa shape index (κ3) is 3.95. The van der Waals surface area contributed by atoms with Crippen LogP contribution in [-0.2, 0) is 0 Å². The smallest absolute Gasteiger partial charge is 0.127 e. The second-order valence-corrected chi connectivity index (χ2v) is 7.67. The normalized spacial score (nSPS) is 15.8. The molecule has 1 aliphatic rings. The van der Waals surface area contributed by atoms with Crippen LogP contribution in [0.2, 0.25) is 10.0 Å². The van der Waals surface area contributed by atoms with E-state index in [0.29, 0.717) is 33.7 Å². The van der Waals surface area contributed by atoms with Gasteiger partial charge in [-0.25, -0.2) is 4.39 Å². The minimum Gasteiger partial charge on any atom is -0.497 e. The fourth-order valence-electron chi connectivity index (χ4n) is 3.55. The molecule has 1 atom stereocenters. The molecule has 154 valence electrons. The SMILES string of the molecule is COc1ccc(C2CC(c3ccc(F)cc3)=NN2c2cc(Cl)ccc2Cl)c(OC)c1. The van der Waals surface area contributed by atoms with Crippen LogP contribution in [-0.4, -0.2) is 19.9 Å². The second kappa shape index (κ2) is 8.54. The van der Waals surface area contributed by atoms with Crippen molar-refractivity contribution in [3.05, 3.63) is 87.7 Å². The van der Waals surface area contributed by atoms with E-state index < -0.39 is 0 Å². The van der Waals surface area contributed by atoms with E-state index in [-0.39, 0.29) is 11.9 Å². The lowest BCUT2D eigenvalue weighted by Crippen LogP contribution is -2.19. The fraction of sp³-hybridized carbons (Fsp3) is 0.174. The molecule has 0 saturated carbocycles. The van der Waals surface area contributed by atoms with E-state index in [9.17, 15) is 4.39 Å². The van der Waals surface area contributed by atoms with E-state index in [1.54, 1.807) is 44.6 Å². The lowest BCUT2D eigenvalue weighted by atomic mass is 9.97. The van der Waals surface area contributed by atoms with E-state index in [1.807, 2.05) is 23.2 Å². The molecule has 0 amide bonds. The van der Waals surface area contributed by atoms with Crippen LogP contribution >= 0.6 is 23.2 Å². The molecule has 0 aromatic heterocycles. The molecular weight excluding hydrogens is 426 g/mol. The summed E-state index contributed by atoms with van der Waals surface area (Å²) >= 11 is 12.7. The largest absolute Gasteiger partial charge is 0.497 e. The molecule has 4 rings (SSSR count). The van der Waals surface area contributed by atoms with E-state index >= 15 is 0 Å². The van der Waals surface area contributed by atoms with Crippen LogP contribution in [0, 0.1) is 5.82 Å².